The summed E-state index contributed by atoms with van der Waals surface area (Å²) in [5.41, 5.74) is 24.7. The van der Waals surface area contributed by atoms with Crippen molar-refractivity contribution < 1.29 is 0 Å². The van der Waals surface area contributed by atoms with Gasteiger partial charge >= 0.3 is 0 Å². The number of benzene rings is 7. The summed E-state index contributed by atoms with van der Waals surface area (Å²) in [5, 5.41) is 6.68. The van der Waals surface area contributed by atoms with E-state index in [1.165, 1.54) is 118 Å². The van der Waals surface area contributed by atoms with Gasteiger partial charge in [0.15, 0.2) is 7.28 Å². The molecule has 12 rings (SSSR count). The topological polar surface area (TPSA) is 15.3 Å². The molecule has 3 aliphatic heterocycles. The van der Waals surface area contributed by atoms with Crippen molar-refractivity contribution in [3.05, 3.63) is 160 Å². The van der Waals surface area contributed by atoms with E-state index in [9.17, 15) is 0 Å². The van der Waals surface area contributed by atoms with Crippen LogP contribution in [0.2, 0.25) is 0 Å². The van der Waals surface area contributed by atoms with Crippen LogP contribution in [0.3, 0.4) is 0 Å². The number of hydrogen-bond donors (Lipinski definition) is 1. The van der Waals surface area contributed by atoms with Crippen LogP contribution in [0.25, 0.3) is 33.0 Å². The highest BCUT2D eigenvalue weighted by Gasteiger charge is 2.55. The second kappa shape index (κ2) is 10.4. The average Bonchev–Trinajstić information content (AvgIpc) is 3.46. The SMILES string of the molecule is CC1(C)CCC(C)(C)c2cc(-c3cc4c5c6c3Bc3cccc7c3N6c3c(cc6ccccc6c3C5(C)c3ccccc3-4)C7(C)C)c(Nc3ccccc3)cc21. The van der Waals surface area contributed by atoms with Crippen LogP contribution in [0.1, 0.15) is 100 Å². The Balaban J connectivity index is 1.25. The second-order valence-electron chi connectivity index (χ2n) is 19.4. The van der Waals surface area contributed by atoms with E-state index in [1.54, 1.807) is 0 Å². The fourth-order valence-corrected chi connectivity index (χ4v) is 12.0. The molecule has 0 fully saturated rings. The van der Waals surface area contributed by atoms with Gasteiger partial charge in [0.05, 0.1) is 5.69 Å². The summed E-state index contributed by atoms with van der Waals surface area (Å²) in [6.45, 7) is 17.3. The maximum absolute atomic E-state index is 3.99. The van der Waals surface area contributed by atoms with E-state index in [0.717, 1.165) is 13.0 Å². The number of para-hydroxylation sites is 2. The molecule has 2 nitrogen and oxygen atoms in total. The lowest BCUT2D eigenvalue weighted by Crippen LogP contribution is -2.49. The smallest absolute Gasteiger partial charge is 0.198 e. The number of anilines is 5. The molecule has 0 bridgehead atoms. The van der Waals surface area contributed by atoms with Crippen LogP contribution >= 0.6 is 0 Å². The highest BCUT2D eigenvalue weighted by atomic mass is 15.2. The van der Waals surface area contributed by atoms with Gasteiger partial charge in [-0.25, -0.2) is 0 Å². The third-order valence-electron chi connectivity index (χ3n) is 15.0. The van der Waals surface area contributed by atoms with E-state index in [4.69, 9.17) is 0 Å². The zero-order valence-corrected chi connectivity index (χ0v) is 33.6. The summed E-state index contributed by atoms with van der Waals surface area (Å²) < 4.78 is 0. The second-order valence-corrected chi connectivity index (χ2v) is 19.4. The molecule has 5 aliphatic rings. The summed E-state index contributed by atoms with van der Waals surface area (Å²) in [7, 11) is 0.898. The lowest BCUT2D eigenvalue weighted by atomic mass is 9.52. The van der Waals surface area contributed by atoms with Crippen molar-refractivity contribution in [2.45, 2.75) is 83.0 Å². The monoisotopic (exact) mass is 722 g/mol. The number of fused-ring (bicyclic) bond motifs is 7. The molecule has 0 amide bonds. The Bertz CT molecular complexity index is 2910. The average molecular weight is 723 g/mol. The van der Waals surface area contributed by atoms with Crippen LogP contribution in [-0.4, -0.2) is 7.28 Å². The Hall–Kier alpha value is -5.54. The number of nitrogens with zero attached hydrogens (tertiary/aromatic N) is 1. The van der Waals surface area contributed by atoms with Crippen LogP contribution in [0.5, 0.6) is 0 Å². The molecule has 2 aliphatic carbocycles. The molecule has 1 atom stereocenters. The molecule has 3 heterocycles. The first-order valence-corrected chi connectivity index (χ1v) is 20.7. The van der Waals surface area contributed by atoms with Crippen molar-refractivity contribution in [1.82, 2.24) is 0 Å². The standard InChI is InChI=1S/C53H47BN2/c1-50(2)24-25-51(3,4)40-29-43(55-31-17-9-8-10-18-31)34(28-39(40)50)36-27-35-33-20-13-14-21-37(33)53(7)44-32-19-12-11-16-30(32)26-41-48(44)56-47-38(52(41,5)6)22-15-23-42(47)54-46(36)49(56)45(35)53/h8-23,26-29,54-55H,24-25H2,1-7H3. The molecule has 0 saturated carbocycles. The molecule has 0 aromatic heterocycles. The Morgan fingerprint density at radius 3 is 2.02 bits per heavy atom. The number of hydrogen-bond acceptors (Lipinski definition) is 2. The van der Waals surface area contributed by atoms with Crippen LogP contribution < -0.4 is 21.1 Å². The third kappa shape index (κ3) is 3.89. The molecule has 1 N–H and O–H groups in total. The summed E-state index contributed by atoms with van der Waals surface area (Å²) in [6, 6.07) is 46.7. The Labute approximate surface area is 331 Å². The van der Waals surface area contributed by atoms with E-state index < -0.39 is 0 Å². The lowest BCUT2D eigenvalue weighted by Gasteiger charge is -2.53. The Morgan fingerprint density at radius 2 is 1.21 bits per heavy atom. The minimum atomic E-state index is -0.317. The zero-order valence-electron chi connectivity index (χ0n) is 33.6. The quantitative estimate of drug-likeness (QED) is 0.183. The number of rotatable bonds is 3. The first-order valence-electron chi connectivity index (χ1n) is 20.7. The van der Waals surface area contributed by atoms with Gasteiger partial charge in [0.2, 0.25) is 0 Å². The van der Waals surface area contributed by atoms with Crippen LogP contribution in [0.15, 0.2) is 121 Å². The van der Waals surface area contributed by atoms with Gasteiger partial charge in [-0.3, -0.25) is 0 Å². The van der Waals surface area contributed by atoms with Crippen molar-refractivity contribution in [3.63, 3.8) is 0 Å². The molecule has 1 unspecified atom stereocenters. The van der Waals surface area contributed by atoms with Gasteiger partial charge in [-0.05, 0) is 139 Å². The van der Waals surface area contributed by atoms with E-state index >= 15 is 0 Å². The third-order valence-corrected chi connectivity index (χ3v) is 15.0. The summed E-state index contributed by atoms with van der Waals surface area (Å²) in [4.78, 5) is 2.76. The van der Waals surface area contributed by atoms with Crippen molar-refractivity contribution in [1.29, 1.82) is 0 Å². The van der Waals surface area contributed by atoms with Crippen molar-refractivity contribution in [2.24, 2.45) is 0 Å². The van der Waals surface area contributed by atoms with E-state index in [1.807, 2.05) is 0 Å². The maximum atomic E-state index is 3.99. The minimum Gasteiger partial charge on any atom is -0.355 e. The van der Waals surface area contributed by atoms with Gasteiger partial charge in [0, 0.05) is 39.1 Å². The predicted octanol–water partition coefficient (Wildman–Crippen LogP) is 12.1. The molecule has 3 heteroatoms. The van der Waals surface area contributed by atoms with E-state index in [-0.39, 0.29) is 21.7 Å². The van der Waals surface area contributed by atoms with Crippen LogP contribution in [-0.2, 0) is 21.7 Å². The fourth-order valence-electron chi connectivity index (χ4n) is 12.0. The van der Waals surface area contributed by atoms with E-state index in [0.29, 0.717) is 0 Å². The summed E-state index contributed by atoms with van der Waals surface area (Å²) in [6.07, 6.45) is 2.36. The van der Waals surface area contributed by atoms with Gasteiger partial charge < -0.3 is 10.2 Å². The van der Waals surface area contributed by atoms with Crippen molar-refractivity contribution >= 4 is 57.4 Å². The maximum Gasteiger partial charge on any atom is 0.198 e. The normalized spacial score (nSPS) is 20.2. The first-order chi connectivity index (χ1) is 26.9. The fraction of sp³-hybridized carbons (Fsp3) is 0.245. The van der Waals surface area contributed by atoms with Gasteiger partial charge in [-0.15, -0.1) is 0 Å². The van der Waals surface area contributed by atoms with E-state index in [2.05, 4.69) is 180 Å². The summed E-state index contributed by atoms with van der Waals surface area (Å²) in [5.74, 6) is 0. The largest absolute Gasteiger partial charge is 0.355 e. The Morgan fingerprint density at radius 1 is 0.518 bits per heavy atom. The number of nitrogens with one attached hydrogen (secondary N) is 1. The minimum absolute atomic E-state index is 0.0765. The molecule has 56 heavy (non-hydrogen) atoms. The van der Waals surface area contributed by atoms with Crippen LogP contribution in [0.4, 0.5) is 28.4 Å². The molecule has 7 aromatic rings. The highest BCUT2D eigenvalue weighted by Crippen LogP contribution is 2.68. The molecule has 0 saturated heterocycles. The molecule has 0 radical (unpaired) electrons. The summed E-state index contributed by atoms with van der Waals surface area (Å²) >= 11 is 0. The van der Waals surface area contributed by atoms with Crippen molar-refractivity contribution in [3.8, 4) is 22.3 Å². The highest BCUT2D eigenvalue weighted by molar-refractivity contribution is 6.73. The molecular weight excluding hydrogens is 675 g/mol. The molecular formula is C53H47BN2. The first kappa shape index (κ1) is 32.7. The zero-order chi connectivity index (χ0) is 38.1. The Kier molecular flexibility index (Phi) is 6.10. The van der Waals surface area contributed by atoms with Gasteiger partial charge in [0.25, 0.3) is 0 Å². The van der Waals surface area contributed by atoms with Gasteiger partial charge in [0.1, 0.15) is 0 Å². The molecule has 272 valence electrons. The van der Waals surface area contributed by atoms with Gasteiger partial charge in [-0.2, -0.15) is 0 Å². The van der Waals surface area contributed by atoms with Crippen LogP contribution in [0, 0.1) is 0 Å². The molecule has 7 aromatic carbocycles. The lowest BCUT2D eigenvalue weighted by molar-refractivity contribution is 0.332. The van der Waals surface area contributed by atoms with Gasteiger partial charge in [-0.1, -0.05) is 132 Å². The molecule has 0 spiro atoms. The van der Waals surface area contributed by atoms with Crippen molar-refractivity contribution in [2.75, 3.05) is 10.2 Å². The predicted molar refractivity (Wildman–Crippen MR) is 239 cm³/mol.